The molecule has 0 aliphatic carbocycles. The van der Waals surface area contributed by atoms with Crippen molar-refractivity contribution in [3.63, 3.8) is 0 Å². The number of rotatable bonds is 4. The second-order valence-corrected chi connectivity index (χ2v) is 7.17. The molecule has 25 heavy (non-hydrogen) atoms. The van der Waals surface area contributed by atoms with Crippen LogP contribution >= 0.6 is 0 Å². The average Bonchev–Trinajstić information content (AvgIpc) is 2.67. The fraction of sp³-hybridized carbons (Fsp3) is 0.667. The lowest BCUT2D eigenvalue weighted by Crippen LogP contribution is -2.53. The fourth-order valence-corrected chi connectivity index (χ4v) is 3.97. The number of piperidine rings is 2. The highest BCUT2D eigenvalue weighted by Gasteiger charge is 2.33. The molecule has 0 radical (unpaired) electrons. The SMILES string of the molecule is C[C@H](C(=O)N1CCC[C@@H](C(N)=O)C1)N1CCC[C@H](c2ccncn2)C1. The fourth-order valence-electron chi connectivity index (χ4n) is 3.97. The van der Waals surface area contributed by atoms with Gasteiger partial charge in [0.05, 0.1) is 12.0 Å². The molecule has 2 N–H and O–H groups in total. The van der Waals surface area contributed by atoms with Gasteiger partial charge >= 0.3 is 0 Å². The molecule has 0 saturated carbocycles. The summed E-state index contributed by atoms with van der Waals surface area (Å²) in [7, 11) is 0. The summed E-state index contributed by atoms with van der Waals surface area (Å²) in [6.45, 7) is 4.90. The Morgan fingerprint density at radius 3 is 2.76 bits per heavy atom. The van der Waals surface area contributed by atoms with Crippen molar-refractivity contribution in [2.75, 3.05) is 26.2 Å². The number of primary amides is 1. The molecule has 2 aliphatic heterocycles. The molecule has 1 aromatic heterocycles. The zero-order valence-electron chi connectivity index (χ0n) is 14.8. The molecule has 7 heteroatoms. The predicted octanol–water partition coefficient (Wildman–Crippen LogP) is 0.768. The zero-order chi connectivity index (χ0) is 17.8. The summed E-state index contributed by atoms with van der Waals surface area (Å²) in [5, 5.41) is 0. The van der Waals surface area contributed by atoms with Crippen LogP contribution in [0.2, 0.25) is 0 Å². The Morgan fingerprint density at radius 2 is 2.04 bits per heavy atom. The summed E-state index contributed by atoms with van der Waals surface area (Å²) in [5.41, 5.74) is 6.48. The van der Waals surface area contributed by atoms with Gasteiger partial charge in [0.25, 0.3) is 0 Å². The first-order valence-corrected chi connectivity index (χ1v) is 9.14. The highest BCUT2D eigenvalue weighted by molar-refractivity contribution is 5.83. The van der Waals surface area contributed by atoms with Gasteiger partial charge in [-0.05, 0) is 45.2 Å². The molecule has 3 atom stereocenters. The van der Waals surface area contributed by atoms with Gasteiger partial charge < -0.3 is 10.6 Å². The molecular formula is C18H27N5O2. The molecule has 2 aliphatic rings. The van der Waals surface area contributed by atoms with Crippen molar-refractivity contribution in [2.24, 2.45) is 11.7 Å². The number of carbonyl (C=O) groups excluding carboxylic acids is 2. The summed E-state index contributed by atoms with van der Waals surface area (Å²) in [6.07, 6.45) is 7.12. The minimum absolute atomic E-state index is 0.106. The Kier molecular flexibility index (Phi) is 5.63. The van der Waals surface area contributed by atoms with Crippen LogP contribution in [0.15, 0.2) is 18.6 Å². The van der Waals surface area contributed by atoms with Gasteiger partial charge in [-0.25, -0.2) is 9.97 Å². The van der Waals surface area contributed by atoms with Crippen LogP contribution in [-0.4, -0.2) is 63.8 Å². The van der Waals surface area contributed by atoms with Crippen LogP contribution in [-0.2, 0) is 9.59 Å². The summed E-state index contributed by atoms with van der Waals surface area (Å²) in [4.78, 5) is 36.8. The maximum atomic E-state index is 12.9. The van der Waals surface area contributed by atoms with E-state index in [1.807, 2.05) is 17.9 Å². The Labute approximate surface area is 148 Å². The van der Waals surface area contributed by atoms with Gasteiger partial charge in [0.15, 0.2) is 0 Å². The molecule has 2 saturated heterocycles. The van der Waals surface area contributed by atoms with Gasteiger partial charge in [-0.2, -0.15) is 0 Å². The van der Waals surface area contributed by atoms with Crippen LogP contribution < -0.4 is 5.73 Å². The molecule has 0 aromatic carbocycles. The zero-order valence-corrected chi connectivity index (χ0v) is 14.8. The van der Waals surface area contributed by atoms with E-state index in [4.69, 9.17) is 5.73 Å². The number of nitrogens with zero attached hydrogens (tertiary/aromatic N) is 4. The smallest absolute Gasteiger partial charge is 0.239 e. The Morgan fingerprint density at radius 1 is 1.24 bits per heavy atom. The highest BCUT2D eigenvalue weighted by Crippen LogP contribution is 2.27. The molecule has 2 amide bonds. The van der Waals surface area contributed by atoms with Crippen molar-refractivity contribution in [3.05, 3.63) is 24.3 Å². The standard InChI is InChI=1S/C18H27N5O2/c1-13(18(25)23-9-3-5-15(11-23)17(19)24)22-8-2-4-14(10-22)16-6-7-20-12-21-16/h6-7,12-15H,2-5,8-11H2,1H3,(H2,19,24)/t13-,14+,15-/m1/s1. The second-order valence-electron chi connectivity index (χ2n) is 7.17. The average molecular weight is 345 g/mol. The van der Waals surface area contributed by atoms with E-state index < -0.39 is 0 Å². The van der Waals surface area contributed by atoms with E-state index in [1.165, 1.54) is 0 Å². The van der Waals surface area contributed by atoms with E-state index in [9.17, 15) is 9.59 Å². The molecule has 0 unspecified atom stereocenters. The minimum Gasteiger partial charge on any atom is -0.369 e. The number of hydrogen-bond acceptors (Lipinski definition) is 5. The Balaban J connectivity index is 1.62. The Hall–Kier alpha value is -2.02. The largest absolute Gasteiger partial charge is 0.369 e. The van der Waals surface area contributed by atoms with Crippen molar-refractivity contribution < 1.29 is 9.59 Å². The van der Waals surface area contributed by atoms with Crippen LogP contribution in [0, 0.1) is 5.92 Å². The lowest BCUT2D eigenvalue weighted by molar-refractivity contribution is -0.140. The third-order valence-corrected chi connectivity index (χ3v) is 5.52. The van der Waals surface area contributed by atoms with E-state index in [-0.39, 0.29) is 23.8 Å². The number of amides is 2. The molecule has 3 rings (SSSR count). The third kappa shape index (κ3) is 4.15. The first-order chi connectivity index (χ1) is 12.1. The number of hydrogen-bond donors (Lipinski definition) is 1. The molecular weight excluding hydrogens is 318 g/mol. The number of carbonyl (C=O) groups is 2. The van der Waals surface area contributed by atoms with Crippen molar-refractivity contribution in [1.82, 2.24) is 19.8 Å². The quantitative estimate of drug-likeness (QED) is 0.870. The van der Waals surface area contributed by atoms with Crippen LogP contribution in [0.5, 0.6) is 0 Å². The van der Waals surface area contributed by atoms with Crippen molar-refractivity contribution in [2.45, 2.75) is 44.6 Å². The van der Waals surface area contributed by atoms with Crippen molar-refractivity contribution in [1.29, 1.82) is 0 Å². The predicted molar refractivity (Wildman–Crippen MR) is 93.5 cm³/mol. The van der Waals surface area contributed by atoms with Gasteiger partial charge in [-0.1, -0.05) is 0 Å². The number of nitrogens with two attached hydrogens (primary N) is 1. The molecule has 1 aromatic rings. The van der Waals surface area contributed by atoms with Gasteiger partial charge in [-0.15, -0.1) is 0 Å². The van der Waals surface area contributed by atoms with Gasteiger partial charge in [0.2, 0.25) is 11.8 Å². The Bertz CT molecular complexity index is 609. The van der Waals surface area contributed by atoms with E-state index in [2.05, 4.69) is 14.9 Å². The topological polar surface area (TPSA) is 92.4 Å². The second kappa shape index (κ2) is 7.91. The minimum atomic E-state index is -0.299. The van der Waals surface area contributed by atoms with E-state index in [1.54, 1.807) is 12.5 Å². The maximum absolute atomic E-state index is 12.9. The van der Waals surface area contributed by atoms with Crippen LogP contribution in [0.3, 0.4) is 0 Å². The van der Waals surface area contributed by atoms with Crippen molar-refractivity contribution >= 4 is 11.8 Å². The lowest BCUT2D eigenvalue weighted by Gasteiger charge is -2.39. The van der Waals surface area contributed by atoms with E-state index in [0.717, 1.165) is 51.0 Å². The summed E-state index contributed by atoms with van der Waals surface area (Å²) >= 11 is 0. The summed E-state index contributed by atoms with van der Waals surface area (Å²) < 4.78 is 0. The molecule has 136 valence electrons. The van der Waals surface area contributed by atoms with Crippen molar-refractivity contribution in [3.8, 4) is 0 Å². The van der Waals surface area contributed by atoms with Crippen LogP contribution in [0.1, 0.15) is 44.2 Å². The number of likely N-dealkylation sites (tertiary alicyclic amines) is 2. The molecule has 0 spiro atoms. The van der Waals surface area contributed by atoms with E-state index >= 15 is 0 Å². The number of aromatic nitrogens is 2. The van der Waals surface area contributed by atoms with Crippen LogP contribution in [0.25, 0.3) is 0 Å². The summed E-state index contributed by atoms with van der Waals surface area (Å²) in [5.74, 6) is -0.0621. The van der Waals surface area contributed by atoms with E-state index in [0.29, 0.717) is 12.5 Å². The summed E-state index contributed by atoms with van der Waals surface area (Å²) in [6, 6.07) is 1.78. The highest BCUT2D eigenvalue weighted by atomic mass is 16.2. The molecule has 0 bridgehead atoms. The van der Waals surface area contributed by atoms with Crippen LogP contribution in [0.4, 0.5) is 0 Å². The first kappa shape index (κ1) is 17.8. The normalized spacial score (nSPS) is 26.2. The first-order valence-electron chi connectivity index (χ1n) is 9.14. The van der Waals surface area contributed by atoms with Gasteiger partial charge in [-0.3, -0.25) is 14.5 Å². The van der Waals surface area contributed by atoms with Gasteiger partial charge in [0, 0.05) is 37.4 Å². The monoisotopic (exact) mass is 345 g/mol. The third-order valence-electron chi connectivity index (χ3n) is 5.52. The molecule has 7 nitrogen and oxygen atoms in total. The molecule has 2 fully saturated rings. The van der Waals surface area contributed by atoms with Gasteiger partial charge in [0.1, 0.15) is 6.33 Å². The maximum Gasteiger partial charge on any atom is 0.239 e. The molecule has 3 heterocycles. The lowest BCUT2D eigenvalue weighted by atomic mass is 9.93.